The quantitative estimate of drug-likeness (QED) is 0.140. The average Bonchev–Trinajstić information content (AvgIpc) is 3.03. The summed E-state index contributed by atoms with van der Waals surface area (Å²) in [5.41, 5.74) is 2.13. The Morgan fingerprint density at radius 3 is 2.06 bits per heavy atom. The third-order valence-corrected chi connectivity index (χ3v) is 10.4. The number of halogens is 3. The van der Waals surface area contributed by atoms with Gasteiger partial charge in [0.25, 0.3) is 5.91 Å². The van der Waals surface area contributed by atoms with Crippen LogP contribution in [-0.2, 0) is 34.0 Å². The predicted molar refractivity (Wildman–Crippen MR) is 181 cm³/mol. The molecule has 3 aromatic rings. The molecule has 0 aliphatic carbocycles. The highest BCUT2D eigenvalue weighted by molar-refractivity contribution is 7.92. The molecular formula is C36H46F3N3O5S. The summed E-state index contributed by atoms with van der Waals surface area (Å²) in [6.45, 7) is 6.09. The highest BCUT2D eigenvalue weighted by atomic mass is 32.2. The summed E-state index contributed by atoms with van der Waals surface area (Å²) in [6.07, 6.45) is 1.25. The Balaban J connectivity index is 1.89. The molecule has 0 spiro atoms. The van der Waals surface area contributed by atoms with Crippen LogP contribution in [0.25, 0.3) is 0 Å². The van der Waals surface area contributed by atoms with E-state index in [0.29, 0.717) is 38.3 Å². The molecule has 48 heavy (non-hydrogen) atoms. The monoisotopic (exact) mass is 689 g/mol. The van der Waals surface area contributed by atoms with Gasteiger partial charge >= 0.3 is 0 Å². The van der Waals surface area contributed by atoms with Crippen LogP contribution in [0, 0.1) is 17.5 Å². The van der Waals surface area contributed by atoms with E-state index < -0.39 is 68.3 Å². The number of aryl methyl sites for hydroxylation is 1. The topological polar surface area (TPSA) is 125 Å². The summed E-state index contributed by atoms with van der Waals surface area (Å²) in [7, 11) is -3.93. The maximum atomic E-state index is 14.1. The van der Waals surface area contributed by atoms with Crippen molar-refractivity contribution in [3.63, 3.8) is 0 Å². The fourth-order valence-corrected chi connectivity index (χ4v) is 7.75. The lowest BCUT2D eigenvalue weighted by molar-refractivity contribution is -0.124. The van der Waals surface area contributed by atoms with Crippen LogP contribution in [-0.4, -0.2) is 61.1 Å². The second-order valence-corrected chi connectivity index (χ2v) is 14.4. The molecule has 12 heteroatoms. The number of sulfone groups is 1. The van der Waals surface area contributed by atoms with Gasteiger partial charge in [-0.05, 0) is 72.7 Å². The highest BCUT2D eigenvalue weighted by Gasteiger charge is 2.34. The van der Waals surface area contributed by atoms with Crippen LogP contribution in [0.2, 0.25) is 0 Å². The number of nitrogens with one attached hydrogen (secondary N) is 3. The molecule has 2 amide bonds. The molecule has 0 bridgehead atoms. The summed E-state index contributed by atoms with van der Waals surface area (Å²) in [6, 6.07) is 12.7. The molecule has 0 aliphatic heterocycles. The number of carbonyl (C=O) groups is 2. The number of benzene rings is 3. The fourth-order valence-electron chi connectivity index (χ4n) is 5.59. The van der Waals surface area contributed by atoms with Gasteiger partial charge in [-0.1, -0.05) is 63.9 Å². The normalized spacial score (nSPS) is 13.6. The molecule has 0 unspecified atom stereocenters. The van der Waals surface area contributed by atoms with E-state index in [2.05, 4.69) is 16.0 Å². The zero-order valence-corrected chi connectivity index (χ0v) is 28.5. The summed E-state index contributed by atoms with van der Waals surface area (Å²) in [5.74, 6) is -4.92. The van der Waals surface area contributed by atoms with Crippen molar-refractivity contribution in [2.24, 2.45) is 0 Å². The first-order chi connectivity index (χ1) is 22.8. The molecule has 3 aromatic carbocycles. The van der Waals surface area contributed by atoms with Crippen molar-refractivity contribution in [1.29, 1.82) is 0 Å². The summed E-state index contributed by atoms with van der Waals surface area (Å²) in [4.78, 5) is 27.0. The Morgan fingerprint density at radius 2 is 1.44 bits per heavy atom. The lowest BCUT2D eigenvalue weighted by atomic mass is 10.00. The van der Waals surface area contributed by atoms with Gasteiger partial charge in [0, 0.05) is 24.7 Å². The van der Waals surface area contributed by atoms with Gasteiger partial charge < -0.3 is 21.1 Å². The zero-order chi connectivity index (χ0) is 35.3. The molecule has 0 radical (unpaired) electrons. The third kappa shape index (κ3) is 12.1. The zero-order valence-electron chi connectivity index (χ0n) is 27.6. The minimum atomic E-state index is -3.93. The number of aliphatic hydroxyl groups is 1. The smallest absolute Gasteiger partial charge is 0.252 e. The van der Waals surface area contributed by atoms with E-state index in [4.69, 9.17) is 0 Å². The van der Waals surface area contributed by atoms with Gasteiger partial charge in [-0.25, -0.2) is 21.6 Å². The van der Waals surface area contributed by atoms with Gasteiger partial charge in [-0.15, -0.1) is 0 Å². The van der Waals surface area contributed by atoms with E-state index in [9.17, 15) is 36.3 Å². The second-order valence-electron chi connectivity index (χ2n) is 12.0. The van der Waals surface area contributed by atoms with Gasteiger partial charge in [-0.2, -0.15) is 0 Å². The van der Waals surface area contributed by atoms with Crippen LogP contribution < -0.4 is 16.0 Å². The summed E-state index contributed by atoms with van der Waals surface area (Å²) in [5, 5.41) is 18.7. The van der Waals surface area contributed by atoms with Crippen molar-refractivity contribution >= 4 is 21.7 Å². The largest absolute Gasteiger partial charge is 0.390 e. The van der Waals surface area contributed by atoms with Crippen molar-refractivity contribution in [3.05, 3.63) is 106 Å². The number of hydrogen-bond acceptors (Lipinski definition) is 6. The lowest BCUT2D eigenvalue weighted by Gasteiger charge is -2.28. The van der Waals surface area contributed by atoms with Gasteiger partial charge in [-0.3, -0.25) is 9.59 Å². The summed E-state index contributed by atoms with van der Waals surface area (Å²) >= 11 is 0. The molecule has 0 saturated carbocycles. The average molecular weight is 690 g/mol. The molecule has 4 N–H and O–H groups in total. The molecule has 8 nitrogen and oxygen atoms in total. The van der Waals surface area contributed by atoms with Gasteiger partial charge in [0.05, 0.1) is 23.1 Å². The van der Waals surface area contributed by atoms with Crippen molar-refractivity contribution in [1.82, 2.24) is 16.0 Å². The minimum absolute atomic E-state index is 0.0349. The second kappa shape index (κ2) is 18.7. The first-order valence-electron chi connectivity index (χ1n) is 16.3. The Morgan fingerprint density at radius 1 is 0.792 bits per heavy atom. The van der Waals surface area contributed by atoms with Crippen LogP contribution in [0.15, 0.2) is 66.7 Å². The SMILES string of the molecule is CCCC(CCC)S(=O)(=O)C[C@@H](NC(=O)c1cccc(F)c1)C(=O)N[C@@H](Cc1cc(F)cc(F)c1)[C@H](O)CNCc1cccc(CC)c1. The van der Waals surface area contributed by atoms with E-state index in [1.165, 1.54) is 12.1 Å². The van der Waals surface area contributed by atoms with Crippen LogP contribution in [0.3, 0.4) is 0 Å². The van der Waals surface area contributed by atoms with Gasteiger partial charge in [0.1, 0.15) is 23.5 Å². The number of carbonyl (C=O) groups excluding carboxylic acids is 2. The van der Waals surface area contributed by atoms with Gasteiger partial charge in [0.2, 0.25) is 5.91 Å². The van der Waals surface area contributed by atoms with Gasteiger partial charge in [0.15, 0.2) is 9.84 Å². The molecule has 0 aliphatic rings. The number of hydrogen-bond donors (Lipinski definition) is 4. The van der Waals surface area contributed by atoms with Crippen LogP contribution in [0.5, 0.6) is 0 Å². The molecule has 0 saturated heterocycles. The maximum Gasteiger partial charge on any atom is 0.252 e. The van der Waals surface area contributed by atoms with Crippen molar-refractivity contribution in [3.8, 4) is 0 Å². The number of rotatable bonds is 19. The minimum Gasteiger partial charge on any atom is -0.390 e. The fraction of sp³-hybridized carbons (Fsp3) is 0.444. The molecule has 3 atom stereocenters. The van der Waals surface area contributed by atoms with E-state index >= 15 is 0 Å². The van der Waals surface area contributed by atoms with E-state index in [1.807, 2.05) is 45.0 Å². The number of aliphatic hydroxyl groups excluding tert-OH is 1. The molecule has 0 aromatic heterocycles. The van der Waals surface area contributed by atoms with E-state index in [-0.39, 0.29) is 24.1 Å². The standard InChI is InChI=1S/C36H46F3N3O5S/c1-4-9-31(10-5-2)48(46,47)23-33(42-35(44)27-13-8-14-28(37)19-27)36(45)41-32(18-26-16-29(38)20-30(39)17-26)34(43)22-40-21-25-12-7-11-24(6-3)15-25/h7-8,11-17,19-20,31-34,40,43H,4-6,9-10,18,21-23H2,1-3H3,(H,41,45)(H,42,44)/t32-,33+,34+/m0/s1. The first-order valence-corrected chi connectivity index (χ1v) is 18.1. The lowest BCUT2D eigenvalue weighted by Crippen LogP contribution is -2.57. The molecule has 262 valence electrons. The molecule has 0 heterocycles. The Kier molecular flexibility index (Phi) is 15.1. The molecular weight excluding hydrogens is 643 g/mol. The van der Waals surface area contributed by atoms with Crippen LogP contribution >= 0.6 is 0 Å². The van der Waals surface area contributed by atoms with Crippen molar-refractivity contribution < 1.29 is 36.3 Å². The molecule has 0 fully saturated rings. The van der Waals surface area contributed by atoms with Crippen molar-refractivity contribution in [2.75, 3.05) is 12.3 Å². The first kappa shape index (κ1) is 38.7. The van der Waals surface area contributed by atoms with Crippen LogP contribution in [0.4, 0.5) is 13.2 Å². The number of amides is 2. The highest BCUT2D eigenvalue weighted by Crippen LogP contribution is 2.18. The van der Waals surface area contributed by atoms with E-state index in [0.717, 1.165) is 41.8 Å². The third-order valence-electron chi connectivity index (χ3n) is 8.09. The Hall–Kier alpha value is -3.74. The predicted octanol–water partition coefficient (Wildman–Crippen LogP) is 5.03. The summed E-state index contributed by atoms with van der Waals surface area (Å²) < 4.78 is 69.2. The van der Waals surface area contributed by atoms with Crippen molar-refractivity contribution in [2.45, 2.75) is 89.3 Å². The maximum absolute atomic E-state index is 14.1. The van der Waals surface area contributed by atoms with Crippen LogP contribution in [0.1, 0.15) is 73.5 Å². The van der Waals surface area contributed by atoms with E-state index in [1.54, 1.807) is 0 Å². The Bertz CT molecular complexity index is 1600. The molecule has 3 rings (SSSR count). The Labute approximate surface area is 281 Å².